The van der Waals surface area contributed by atoms with E-state index < -0.39 is 0 Å². The van der Waals surface area contributed by atoms with Crippen LogP contribution in [-0.2, 0) is 0 Å². The SMILES string of the molecule is COc1ccc2nc(C=C(C#N)c3nc4ccccc4s3)ccc2c1. The highest BCUT2D eigenvalue weighted by molar-refractivity contribution is 7.19. The molecule has 4 nitrogen and oxygen atoms in total. The second-order valence-electron chi connectivity index (χ2n) is 5.45. The lowest BCUT2D eigenvalue weighted by Crippen LogP contribution is -1.87. The van der Waals surface area contributed by atoms with E-state index in [1.54, 1.807) is 13.2 Å². The van der Waals surface area contributed by atoms with Crippen LogP contribution in [0.4, 0.5) is 0 Å². The second-order valence-corrected chi connectivity index (χ2v) is 6.48. The first-order valence-electron chi connectivity index (χ1n) is 7.69. The van der Waals surface area contributed by atoms with Crippen molar-refractivity contribution in [1.82, 2.24) is 9.97 Å². The number of allylic oxidation sites excluding steroid dienone is 1. The zero-order chi connectivity index (χ0) is 17.2. The third-order valence-corrected chi connectivity index (χ3v) is 4.92. The highest BCUT2D eigenvalue weighted by Gasteiger charge is 2.09. The lowest BCUT2D eigenvalue weighted by molar-refractivity contribution is 0.415. The van der Waals surface area contributed by atoms with E-state index in [9.17, 15) is 5.26 Å². The van der Waals surface area contributed by atoms with Crippen molar-refractivity contribution >= 4 is 44.1 Å². The molecular formula is C20H13N3OS. The van der Waals surface area contributed by atoms with Gasteiger partial charge in [-0.15, -0.1) is 11.3 Å². The summed E-state index contributed by atoms with van der Waals surface area (Å²) in [6, 6.07) is 19.7. The molecule has 0 bridgehead atoms. The zero-order valence-corrected chi connectivity index (χ0v) is 14.2. The summed E-state index contributed by atoms with van der Waals surface area (Å²) < 4.78 is 6.30. The van der Waals surface area contributed by atoms with Crippen LogP contribution in [0, 0.1) is 11.3 Å². The van der Waals surface area contributed by atoms with E-state index in [1.807, 2.05) is 54.6 Å². The predicted molar refractivity (Wildman–Crippen MR) is 101 cm³/mol. The molecule has 2 aromatic heterocycles. The van der Waals surface area contributed by atoms with Crippen LogP contribution in [0.1, 0.15) is 10.7 Å². The Labute approximate surface area is 148 Å². The molecular weight excluding hydrogens is 330 g/mol. The maximum absolute atomic E-state index is 9.55. The van der Waals surface area contributed by atoms with Gasteiger partial charge < -0.3 is 4.74 Å². The molecule has 0 saturated heterocycles. The number of ether oxygens (including phenoxy) is 1. The highest BCUT2D eigenvalue weighted by atomic mass is 32.1. The van der Waals surface area contributed by atoms with Gasteiger partial charge in [0.15, 0.2) is 0 Å². The van der Waals surface area contributed by atoms with Gasteiger partial charge in [0.25, 0.3) is 0 Å². The number of nitriles is 1. The van der Waals surface area contributed by atoms with Crippen molar-refractivity contribution in [1.29, 1.82) is 5.26 Å². The van der Waals surface area contributed by atoms with Gasteiger partial charge in [-0.2, -0.15) is 5.26 Å². The largest absolute Gasteiger partial charge is 0.497 e. The highest BCUT2D eigenvalue weighted by Crippen LogP contribution is 2.28. The predicted octanol–water partition coefficient (Wildman–Crippen LogP) is 4.92. The molecule has 0 fully saturated rings. The van der Waals surface area contributed by atoms with Gasteiger partial charge in [0.2, 0.25) is 0 Å². The van der Waals surface area contributed by atoms with Crippen LogP contribution < -0.4 is 4.74 Å². The summed E-state index contributed by atoms with van der Waals surface area (Å²) in [5.41, 5.74) is 3.01. The van der Waals surface area contributed by atoms with Gasteiger partial charge in [-0.1, -0.05) is 18.2 Å². The number of fused-ring (bicyclic) bond motifs is 2. The number of nitrogens with zero attached hydrogens (tertiary/aromatic N) is 3. The summed E-state index contributed by atoms with van der Waals surface area (Å²) in [5.74, 6) is 0.796. The maximum atomic E-state index is 9.55. The number of aromatic nitrogens is 2. The molecule has 0 N–H and O–H groups in total. The molecule has 4 rings (SSSR count). The van der Waals surface area contributed by atoms with Gasteiger partial charge in [-0.05, 0) is 42.5 Å². The summed E-state index contributed by atoms with van der Waals surface area (Å²) in [5, 5.41) is 11.3. The number of hydrogen-bond acceptors (Lipinski definition) is 5. The zero-order valence-electron chi connectivity index (χ0n) is 13.4. The van der Waals surface area contributed by atoms with Crippen LogP contribution >= 0.6 is 11.3 Å². The molecule has 0 saturated carbocycles. The first-order valence-corrected chi connectivity index (χ1v) is 8.51. The van der Waals surface area contributed by atoms with Gasteiger partial charge in [-0.3, -0.25) is 0 Å². The van der Waals surface area contributed by atoms with Gasteiger partial charge in [0.05, 0.1) is 34.1 Å². The van der Waals surface area contributed by atoms with Crippen LogP contribution in [0.3, 0.4) is 0 Å². The Morgan fingerprint density at radius 3 is 2.76 bits per heavy atom. The summed E-state index contributed by atoms with van der Waals surface area (Å²) in [6.07, 6.45) is 1.78. The Morgan fingerprint density at radius 2 is 1.96 bits per heavy atom. The molecule has 0 amide bonds. The van der Waals surface area contributed by atoms with Crippen molar-refractivity contribution in [3.05, 3.63) is 65.3 Å². The Morgan fingerprint density at radius 1 is 1.08 bits per heavy atom. The van der Waals surface area contributed by atoms with E-state index in [0.717, 1.165) is 32.6 Å². The Kier molecular flexibility index (Phi) is 3.88. The van der Waals surface area contributed by atoms with Crippen LogP contribution in [-0.4, -0.2) is 17.1 Å². The monoisotopic (exact) mass is 343 g/mol. The third kappa shape index (κ3) is 2.95. The Hall–Kier alpha value is -3.23. The summed E-state index contributed by atoms with van der Waals surface area (Å²) in [6.45, 7) is 0. The molecule has 120 valence electrons. The van der Waals surface area contributed by atoms with Crippen molar-refractivity contribution < 1.29 is 4.74 Å². The fourth-order valence-electron chi connectivity index (χ4n) is 2.60. The van der Waals surface area contributed by atoms with Crippen molar-refractivity contribution in [2.75, 3.05) is 7.11 Å². The first-order chi connectivity index (χ1) is 12.3. The number of benzene rings is 2. The molecule has 0 spiro atoms. The average Bonchev–Trinajstić information content (AvgIpc) is 3.09. The first kappa shape index (κ1) is 15.3. The van der Waals surface area contributed by atoms with Crippen LogP contribution in [0.15, 0.2) is 54.6 Å². The molecule has 25 heavy (non-hydrogen) atoms. The number of methoxy groups -OCH3 is 1. The minimum atomic E-state index is 0.515. The molecule has 0 aliphatic carbocycles. The molecule has 2 aromatic carbocycles. The van der Waals surface area contributed by atoms with Gasteiger partial charge >= 0.3 is 0 Å². The normalized spacial score (nSPS) is 11.6. The lowest BCUT2D eigenvalue weighted by Gasteiger charge is -2.03. The maximum Gasteiger partial charge on any atom is 0.135 e. The standard InChI is InChI=1S/C20H13N3OS/c1-24-16-8-9-17-13(11-16)6-7-15(22-17)10-14(12-21)20-23-18-4-2-3-5-19(18)25-20/h2-11H,1H3. The van der Waals surface area contributed by atoms with Crippen molar-refractivity contribution in [3.8, 4) is 11.8 Å². The number of pyridine rings is 1. The van der Waals surface area contributed by atoms with Crippen LogP contribution in [0.25, 0.3) is 32.8 Å². The second kappa shape index (κ2) is 6.34. The molecule has 0 atom stereocenters. The molecule has 5 heteroatoms. The molecule has 0 unspecified atom stereocenters. The summed E-state index contributed by atoms with van der Waals surface area (Å²) >= 11 is 1.51. The van der Waals surface area contributed by atoms with E-state index in [-0.39, 0.29) is 0 Å². The van der Waals surface area contributed by atoms with E-state index in [1.165, 1.54) is 11.3 Å². The fraction of sp³-hybridized carbons (Fsp3) is 0.0500. The summed E-state index contributed by atoms with van der Waals surface area (Å²) in [4.78, 5) is 9.16. The fourth-order valence-corrected chi connectivity index (χ4v) is 3.54. The number of para-hydroxylation sites is 1. The quantitative estimate of drug-likeness (QED) is 0.496. The minimum Gasteiger partial charge on any atom is -0.497 e. The van der Waals surface area contributed by atoms with Crippen LogP contribution in [0.2, 0.25) is 0 Å². The van der Waals surface area contributed by atoms with Gasteiger partial charge in [0, 0.05) is 5.39 Å². The van der Waals surface area contributed by atoms with E-state index in [0.29, 0.717) is 10.6 Å². The average molecular weight is 343 g/mol. The van der Waals surface area contributed by atoms with E-state index in [2.05, 4.69) is 16.0 Å². The van der Waals surface area contributed by atoms with E-state index in [4.69, 9.17) is 4.74 Å². The number of hydrogen-bond donors (Lipinski definition) is 0. The molecule has 4 aromatic rings. The number of thiazole rings is 1. The number of rotatable bonds is 3. The topological polar surface area (TPSA) is 58.8 Å². The molecule has 0 aliphatic rings. The van der Waals surface area contributed by atoms with Crippen molar-refractivity contribution in [2.24, 2.45) is 0 Å². The van der Waals surface area contributed by atoms with Crippen molar-refractivity contribution in [2.45, 2.75) is 0 Å². The molecule has 0 aliphatic heterocycles. The minimum absolute atomic E-state index is 0.515. The Balaban J connectivity index is 1.77. The third-order valence-electron chi connectivity index (χ3n) is 3.85. The lowest BCUT2D eigenvalue weighted by atomic mass is 10.1. The van der Waals surface area contributed by atoms with Gasteiger partial charge in [0.1, 0.15) is 16.8 Å². The van der Waals surface area contributed by atoms with Crippen LogP contribution in [0.5, 0.6) is 5.75 Å². The molecule has 2 heterocycles. The Bertz CT molecular complexity index is 1120. The molecule has 0 radical (unpaired) electrons. The smallest absolute Gasteiger partial charge is 0.135 e. The van der Waals surface area contributed by atoms with Gasteiger partial charge in [-0.25, -0.2) is 9.97 Å². The van der Waals surface area contributed by atoms with E-state index >= 15 is 0 Å². The summed E-state index contributed by atoms with van der Waals surface area (Å²) in [7, 11) is 1.64. The van der Waals surface area contributed by atoms with Crippen molar-refractivity contribution in [3.63, 3.8) is 0 Å².